The molecule has 1 aromatic heterocycles. The summed E-state index contributed by atoms with van der Waals surface area (Å²) in [6.07, 6.45) is 2.03. The van der Waals surface area contributed by atoms with Crippen LogP contribution in [0.15, 0.2) is 24.3 Å². The predicted molar refractivity (Wildman–Crippen MR) is 79.0 cm³/mol. The van der Waals surface area contributed by atoms with E-state index in [1.165, 1.54) is 11.1 Å². The van der Waals surface area contributed by atoms with Crippen molar-refractivity contribution in [3.8, 4) is 11.3 Å². The van der Waals surface area contributed by atoms with Crippen LogP contribution in [0.3, 0.4) is 0 Å². The highest BCUT2D eigenvalue weighted by atomic mass is 16.4. The molecule has 0 unspecified atom stereocenters. The van der Waals surface area contributed by atoms with Crippen molar-refractivity contribution in [2.24, 2.45) is 0 Å². The first-order chi connectivity index (χ1) is 9.52. The summed E-state index contributed by atoms with van der Waals surface area (Å²) in [6.45, 7) is 6.98. The van der Waals surface area contributed by atoms with E-state index in [9.17, 15) is 4.79 Å². The van der Waals surface area contributed by atoms with Crippen molar-refractivity contribution in [3.63, 3.8) is 0 Å². The van der Waals surface area contributed by atoms with Gasteiger partial charge in [-0.25, -0.2) is 4.79 Å². The van der Waals surface area contributed by atoms with Gasteiger partial charge in [0.05, 0.1) is 5.69 Å². The minimum absolute atomic E-state index is 0.106. The number of hydrogen-bond acceptors (Lipinski definition) is 2. The van der Waals surface area contributed by atoms with E-state index in [1.807, 2.05) is 6.07 Å². The minimum Gasteiger partial charge on any atom is -0.476 e. The molecule has 2 rings (SSSR count). The Balaban J connectivity index is 2.46. The van der Waals surface area contributed by atoms with Gasteiger partial charge >= 0.3 is 5.97 Å². The van der Waals surface area contributed by atoms with Gasteiger partial charge in [0.2, 0.25) is 0 Å². The van der Waals surface area contributed by atoms with Crippen LogP contribution in [0.4, 0.5) is 0 Å². The molecule has 1 aromatic carbocycles. The molecule has 0 fully saturated rings. The first-order valence-corrected chi connectivity index (χ1v) is 6.91. The molecule has 0 atom stereocenters. The molecule has 0 saturated heterocycles. The van der Waals surface area contributed by atoms with E-state index >= 15 is 0 Å². The summed E-state index contributed by atoms with van der Waals surface area (Å²) in [5, 5.41) is 13.3. The lowest BCUT2D eigenvalue weighted by atomic mass is 10.0. The van der Waals surface area contributed by atoms with E-state index in [0.29, 0.717) is 0 Å². The number of unbranched alkanes of at least 4 members (excludes halogenated alkanes) is 1. The van der Waals surface area contributed by atoms with E-state index < -0.39 is 5.97 Å². The smallest absolute Gasteiger partial charge is 0.356 e. The first kappa shape index (κ1) is 14.3. The summed E-state index contributed by atoms with van der Waals surface area (Å²) in [7, 11) is 0. The predicted octanol–water partition coefficient (Wildman–Crippen LogP) is 3.67. The van der Waals surface area contributed by atoms with Gasteiger partial charge in [-0.3, -0.25) is 4.68 Å². The molecule has 1 N–H and O–H groups in total. The average molecular weight is 272 g/mol. The van der Waals surface area contributed by atoms with Gasteiger partial charge in [-0.2, -0.15) is 5.10 Å². The van der Waals surface area contributed by atoms with Crippen LogP contribution in [0.5, 0.6) is 0 Å². The van der Waals surface area contributed by atoms with Crippen LogP contribution in [0, 0.1) is 13.8 Å². The minimum atomic E-state index is -0.981. The number of benzene rings is 1. The Morgan fingerprint density at radius 1 is 1.25 bits per heavy atom. The van der Waals surface area contributed by atoms with Gasteiger partial charge < -0.3 is 5.11 Å². The Labute approximate surface area is 119 Å². The highest BCUT2D eigenvalue weighted by molar-refractivity contribution is 5.87. The van der Waals surface area contributed by atoms with Crippen molar-refractivity contribution in [1.82, 2.24) is 9.78 Å². The highest BCUT2D eigenvalue weighted by Crippen LogP contribution is 2.23. The van der Waals surface area contributed by atoms with Gasteiger partial charge in [-0.1, -0.05) is 25.5 Å². The number of aromatic nitrogens is 2. The molecule has 0 aliphatic heterocycles. The molecule has 4 nitrogen and oxygen atoms in total. The Bertz CT molecular complexity index is 629. The molecule has 1 heterocycles. The molecule has 20 heavy (non-hydrogen) atoms. The van der Waals surface area contributed by atoms with Crippen LogP contribution >= 0.6 is 0 Å². The van der Waals surface area contributed by atoms with E-state index in [0.717, 1.165) is 30.6 Å². The summed E-state index contributed by atoms with van der Waals surface area (Å²) in [4.78, 5) is 11.1. The topological polar surface area (TPSA) is 55.1 Å². The molecular formula is C16H20N2O2. The van der Waals surface area contributed by atoms with Gasteiger partial charge in [0.1, 0.15) is 0 Å². The quantitative estimate of drug-likeness (QED) is 0.903. The maximum Gasteiger partial charge on any atom is 0.356 e. The summed E-state index contributed by atoms with van der Waals surface area (Å²) < 4.78 is 1.80. The van der Waals surface area contributed by atoms with Crippen molar-refractivity contribution in [3.05, 3.63) is 41.1 Å². The molecule has 0 aliphatic carbocycles. The fraction of sp³-hybridized carbons (Fsp3) is 0.375. The molecule has 106 valence electrons. The Morgan fingerprint density at radius 3 is 2.60 bits per heavy atom. The lowest BCUT2D eigenvalue weighted by molar-refractivity contribution is 0.0689. The average Bonchev–Trinajstić information content (AvgIpc) is 2.84. The van der Waals surface area contributed by atoms with Crippen LogP contribution in [0.25, 0.3) is 11.3 Å². The molecule has 4 heteroatoms. The molecule has 0 bridgehead atoms. The molecular weight excluding hydrogens is 252 g/mol. The molecule has 0 spiro atoms. The number of aromatic carboxylic acids is 1. The fourth-order valence-electron chi connectivity index (χ4n) is 2.13. The number of carboxylic acids is 1. The number of hydrogen-bond donors (Lipinski definition) is 1. The highest BCUT2D eigenvalue weighted by Gasteiger charge is 2.14. The third-order valence-electron chi connectivity index (χ3n) is 3.53. The lowest BCUT2D eigenvalue weighted by Gasteiger charge is -2.08. The lowest BCUT2D eigenvalue weighted by Crippen LogP contribution is -2.04. The summed E-state index contributed by atoms with van der Waals surface area (Å²) >= 11 is 0. The zero-order chi connectivity index (χ0) is 14.7. The van der Waals surface area contributed by atoms with E-state index in [2.05, 4.69) is 38.0 Å². The van der Waals surface area contributed by atoms with Crippen LogP contribution in [-0.4, -0.2) is 20.9 Å². The second-order valence-corrected chi connectivity index (χ2v) is 5.10. The normalized spacial score (nSPS) is 10.8. The van der Waals surface area contributed by atoms with E-state index in [4.69, 9.17) is 5.11 Å². The maximum atomic E-state index is 11.1. The van der Waals surface area contributed by atoms with Gasteiger partial charge in [-0.05, 0) is 43.5 Å². The number of aryl methyl sites for hydroxylation is 3. The summed E-state index contributed by atoms with van der Waals surface area (Å²) in [5.41, 5.74) is 4.42. The van der Waals surface area contributed by atoms with Crippen molar-refractivity contribution >= 4 is 5.97 Å². The van der Waals surface area contributed by atoms with Crippen LogP contribution < -0.4 is 0 Å². The monoisotopic (exact) mass is 272 g/mol. The Kier molecular flexibility index (Phi) is 4.23. The molecule has 0 amide bonds. The van der Waals surface area contributed by atoms with Crippen LogP contribution in [0.1, 0.15) is 41.4 Å². The standard InChI is InChI=1S/C16H20N2O2/c1-4-5-8-18-15(10-14(17-18)16(19)20)13-7-6-11(2)12(3)9-13/h6-7,9-10H,4-5,8H2,1-3H3,(H,19,20). The van der Waals surface area contributed by atoms with Gasteiger partial charge in [-0.15, -0.1) is 0 Å². The van der Waals surface area contributed by atoms with E-state index in [1.54, 1.807) is 10.7 Å². The van der Waals surface area contributed by atoms with Crippen LogP contribution in [-0.2, 0) is 6.54 Å². The van der Waals surface area contributed by atoms with Crippen molar-refractivity contribution in [1.29, 1.82) is 0 Å². The van der Waals surface area contributed by atoms with Gasteiger partial charge in [0.25, 0.3) is 0 Å². The third-order valence-corrected chi connectivity index (χ3v) is 3.53. The molecule has 0 radical (unpaired) electrons. The van der Waals surface area contributed by atoms with Gasteiger partial charge in [0.15, 0.2) is 5.69 Å². The molecule has 0 aliphatic rings. The second-order valence-electron chi connectivity index (χ2n) is 5.10. The largest absolute Gasteiger partial charge is 0.476 e. The summed E-state index contributed by atoms with van der Waals surface area (Å²) in [6, 6.07) is 7.82. The third kappa shape index (κ3) is 2.90. The van der Waals surface area contributed by atoms with Gasteiger partial charge in [0, 0.05) is 12.1 Å². The van der Waals surface area contributed by atoms with Crippen molar-refractivity contribution in [2.75, 3.05) is 0 Å². The zero-order valence-electron chi connectivity index (χ0n) is 12.2. The molecule has 0 saturated carbocycles. The van der Waals surface area contributed by atoms with Crippen molar-refractivity contribution < 1.29 is 9.90 Å². The number of rotatable bonds is 5. The number of nitrogens with zero attached hydrogens (tertiary/aromatic N) is 2. The Morgan fingerprint density at radius 2 is 2.00 bits per heavy atom. The van der Waals surface area contributed by atoms with Crippen molar-refractivity contribution in [2.45, 2.75) is 40.2 Å². The fourth-order valence-corrected chi connectivity index (χ4v) is 2.13. The molecule has 2 aromatic rings. The number of carbonyl (C=O) groups is 1. The second kappa shape index (κ2) is 5.90. The zero-order valence-corrected chi connectivity index (χ0v) is 12.2. The van der Waals surface area contributed by atoms with Crippen LogP contribution in [0.2, 0.25) is 0 Å². The first-order valence-electron chi connectivity index (χ1n) is 6.91. The maximum absolute atomic E-state index is 11.1. The Hall–Kier alpha value is -2.10. The number of carboxylic acid groups (broad SMARTS) is 1. The van der Waals surface area contributed by atoms with E-state index in [-0.39, 0.29) is 5.69 Å². The SMILES string of the molecule is CCCCn1nc(C(=O)O)cc1-c1ccc(C)c(C)c1. The summed E-state index contributed by atoms with van der Waals surface area (Å²) in [5.74, 6) is -0.981.